The molecule has 2 rings (SSSR count). The molecule has 0 bridgehead atoms. The van der Waals surface area contributed by atoms with E-state index < -0.39 is 11.6 Å². The van der Waals surface area contributed by atoms with E-state index in [2.05, 4.69) is 15.3 Å². The van der Waals surface area contributed by atoms with Gasteiger partial charge in [0.25, 0.3) is 0 Å². The van der Waals surface area contributed by atoms with E-state index in [4.69, 9.17) is 0 Å². The summed E-state index contributed by atoms with van der Waals surface area (Å²) in [5.74, 6) is -1.32. The highest BCUT2D eigenvalue weighted by Crippen LogP contribution is 2.21. The minimum Gasteiger partial charge on any atom is -0.373 e. The fraction of sp³-hybridized carbons (Fsp3) is 0.111. The first-order valence-electron chi connectivity index (χ1n) is 4.00. The van der Waals surface area contributed by atoms with Crippen molar-refractivity contribution >= 4 is 16.7 Å². The first-order valence-corrected chi connectivity index (χ1v) is 4.00. The van der Waals surface area contributed by atoms with E-state index in [1.807, 2.05) is 0 Å². The summed E-state index contributed by atoms with van der Waals surface area (Å²) in [6.07, 6.45) is 1.30. The van der Waals surface area contributed by atoms with Gasteiger partial charge in [0.1, 0.15) is 12.1 Å². The number of halogens is 2. The lowest BCUT2D eigenvalue weighted by Crippen LogP contribution is -1.96. The normalized spacial score (nSPS) is 10.5. The van der Waals surface area contributed by atoms with Gasteiger partial charge in [0.05, 0.1) is 5.52 Å². The lowest BCUT2D eigenvalue weighted by atomic mass is 10.2. The molecule has 2 aromatic rings. The molecule has 0 fully saturated rings. The number of hydrogen-bond donors (Lipinski definition) is 1. The molecule has 0 unspecified atom stereocenters. The van der Waals surface area contributed by atoms with E-state index in [9.17, 15) is 8.78 Å². The summed E-state index contributed by atoms with van der Waals surface area (Å²) in [7, 11) is 1.66. The Hall–Kier alpha value is -1.78. The van der Waals surface area contributed by atoms with Crippen LogP contribution in [0.15, 0.2) is 18.5 Å². The van der Waals surface area contributed by atoms with Crippen LogP contribution in [0.1, 0.15) is 0 Å². The fourth-order valence-electron chi connectivity index (χ4n) is 1.25. The molecule has 14 heavy (non-hydrogen) atoms. The molecule has 0 spiro atoms. The van der Waals surface area contributed by atoms with Crippen LogP contribution in [0.2, 0.25) is 0 Å². The van der Waals surface area contributed by atoms with Gasteiger partial charge in [-0.3, -0.25) is 0 Å². The Labute approximate surface area is 78.8 Å². The molecule has 1 aromatic heterocycles. The Kier molecular flexibility index (Phi) is 1.99. The van der Waals surface area contributed by atoms with Gasteiger partial charge in [-0.1, -0.05) is 0 Å². The summed E-state index contributed by atoms with van der Waals surface area (Å²) in [4.78, 5) is 7.72. The molecule has 1 heterocycles. The lowest BCUT2D eigenvalue weighted by Gasteiger charge is -2.03. The number of fused-ring (bicyclic) bond motifs is 1. The van der Waals surface area contributed by atoms with Crippen molar-refractivity contribution in [3.05, 3.63) is 30.1 Å². The van der Waals surface area contributed by atoms with Gasteiger partial charge in [0.2, 0.25) is 0 Å². The fourth-order valence-corrected chi connectivity index (χ4v) is 1.25. The second-order valence-corrected chi connectivity index (χ2v) is 2.76. The van der Waals surface area contributed by atoms with Crippen LogP contribution in [0, 0.1) is 11.6 Å². The van der Waals surface area contributed by atoms with E-state index >= 15 is 0 Å². The number of hydrogen-bond acceptors (Lipinski definition) is 3. The maximum atomic E-state index is 12.9. The van der Waals surface area contributed by atoms with E-state index in [1.165, 1.54) is 6.33 Å². The third kappa shape index (κ3) is 1.26. The van der Waals surface area contributed by atoms with Gasteiger partial charge in [-0.15, -0.1) is 0 Å². The highest BCUT2D eigenvalue weighted by molar-refractivity contribution is 5.88. The Morgan fingerprint density at radius 1 is 1.14 bits per heavy atom. The van der Waals surface area contributed by atoms with Crippen molar-refractivity contribution < 1.29 is 8.78 Å². The van der Waals surface area contributed by atoms with Crippen molar-refractivity contribution in [2.24, 2.45) is 0 Å². The molecule has 0 atom stereocenters. The topological polar surface area (TPSA) is 37.8 Å². The third-order valence-electron chi connectivity index (χ3n) is 1.91. The number of anilines is 1. The van der Waals surface area contributed by atoms with Gasteiger partial charge in [-0.2, -0.15) is 0 Å². The van der Waals surface area contributed by atoms with Crippen LogP contribution in [0.3, 0.4) is 0 Å². The zero-order valence-electron chi connectivity index (χ0n) is 7.38. The van der Waals surface area contributed by atoms with Gasteiger partial charge in [0.15, 0.2) is 11.6 Å². The van der Waals surface area contributed by atoms with Crippen LogP contribution in [0.5, 0.6) is 0 Å². The maximum Gasteiger partial charge on any atom is 0.161 e. The second-order valence-electron chi connectivity index (χ2n) is 2.76. The average molecular weight is 195 g/mol. The molecule has 0 aliphatic rings. The number of nitrogens with zero attached hydrogens (tertiary/aromatic N) is 2. The van der Waals surface area contributed by atoms with Crippen molar-refractivity contribution in [2.45, 2.75) is 0 Å². The van der Waals surface area contributed by atoms with E-state index in [0.29, 0.717) is 16.7 Å². The lowest BCUT2D eigenvalue weighted by molar-refractivity contribution is 0.510. The minimum atomic E-state index is -0.904. The molecular weight excluding hydrogens is 188 g/mol. The summed E-state index contributed by atoms with van der Waals surface area (Å²) in [5, 5.41) is 3.24. The second kappa shape index (κ2) is 3.17. The standard InChI is InChI=1S/C9H7F2N3/c1-12-9-5-2-6(10)7(11)3-8(5)13-4-14-9/h2-4H,1H3,(H,12,13,14). The molecule has 1 N–H and O–H groups in total. The predicted octanol–water partition coefficient (Wildman–Crippen LogP) is 1.95. The Bertz CT molecular complexity index is 485. The Morgan fingerprint density at radius 3 is 2.57 bits per heavy atom. The van der Waals surface area contributed by atoms with Crippen LogP contribution in [0.4, 0.5) is 14.6 Å². The summed E-state index contributed by atoms with van der Waals surface area (Å²) in [5.41, 5.74) is 0.378. The van der Waals surface area contributed by atoms with Crippen LogP contribution < -0.4 is 5.32 Å². The third-order valence-corrected chi connectivity index (χ3v) is 1.91. The van der Waals surface area contributed by atoms with Crippen molar-refractivity contribution in [3.8, 4) is 0 Å². The highest BCUT2D eigenvalue weighted by Gasteiger charge is 2.07. The van der Waals surface area contributed by atoms with Gasteiger partial charge < -0.3 is 5.32 Å². The largest absolute Gasteiger partial charge is 0.373 e. The first-order chi connectivity index (χ1) is 6.72. The molecule has 0 aliphatic heterocycles. The molecule has 0 saturated carbocycles. The van der Waals surface area contributed by atoms with E-state index in [-0.39, 0.29) is 0 Å². The molecule has 3 nitrogen and oxygen atoms in total. The molecular formula is C9H7F2N3. The number of nitrogens with one attached hydrogen (secondary N) is 1. The summed E-state index contributed by atoms with van der Waals surface area (Å²) < 4.78 is 25.7. The first kappa shape index (κ1) is 8.80. The van der Waals surface area contributed by atoms with Crippen LogP contribution in [-0.2, 0) is 0 Å². The SMILES string of the molecule is CNc1ncnc2cc(F)c(F)cc12. The molecule has 0 radical (unpaired) electrons. The predicted molar refractivity (Wildman–Crippen MR) is 49.0 cm³/mol. The van der Waals surface area contributed by atoms with Crippen molar-refractivity contribution in [1.82, 2.24) is 9.97 Å². The molecule has 0 amide bonds. The summed E-state index contributed by atoms with van der Waals surface area (Å²) in [6, 6.07) is 2.13. The average Bonchev–Trinajstić information content (AvgIpc) is 2.19. The monoisotopic (exact) mass is 195 g/mol. The summed E-state index contributed by atoms with van der Waals surface area (Å²) >= 11 is 0. The number of aromatic nitrogens is 2. The molecule has 5 heteroatoms. The van der Waals surface area contributed by atoms with Crippen molar-refractivity contribution in [2.75, 3.05) is 12.4 Å². The minimum absolute atomic E-state index is 0.378. The summed E-state index contributed by atoms with van der Waals surface area (Å²) in [6.45, 7) is 0. The van der Waals surface area contributed by atoms with Crippen LogP contribution in [0.25, 0.3) is 10.9 Å². The van der Waals surface area contributed by atoms with Gasteiger partial charge in [0, 0.05) is 18.5 Å². The van der Waals surface area contributed by atoms with Crippen molar-refractivity contribution in [1.29, 1.82) is 0 Å². The number of rotatable bonds is 1. The van der Waals surface area contributed by atoms with Crippen LogP contribution in [-0.4, -0.2) is 17.0 Å². The number of benzene rings is 1. The molecule has 1 aromatic carbocycles. The Morgan fingerprint density at radius 2 is 1.86 bits per heavy atom. The van der Waals surface area contributed by atoms with Gasteiger partial charge in [-0.05, 0) is 6.07 Å². The smallest absolute Gasteiger partial charge is 0.161 e. The quantitative estimate of drug-likeness (QED) is 0.755. The van der Waals surface area contributed by atoms with E-state index in [0.717, 1.165) is 12.1 Å². The highest BCUT2D eigenvalue weighted by atomic mass is 19.2. The van der Waals surface area contributed by atoms with Gasteiger partial charge >= 0.3 is 0 Å². The zero-order chi connectivity index (χ0) is 10.1. The maximum absolute atomic E-state index is 12.9. The molecule has 0 aliphatic carbocycles. The Balaban J connectivity index is 2.81. The zero-order valence-corrected chi connectivity index (χ0v) is 7.38. The van der Waals surface area contributed by atoms with Crippen molar-refractivity contribution in [3.63, 3.8) is 0 Å². The van der Waals surface area contributed by atoms with Crippen LogP contribution >= 0.6 is 0 Å². The molecule has 72 valence electrons. The van der Waals surface area contributed by atoms with Gasteiger partial charge in [-0.25, -0.2) is 18.7 Å². The van der Waals surface area contributed by atoms with E-state index in [1.54, 1.807) is 7.05 Å². The molecule has 0 saturated heterocycles.